The van der Waals surface area contributed by atoms with Crippen LogP contribution in [0.25, 0.3) is 10.8 Å². The number of halogens is 6. The van der Waals surface area contributed by atoms with Crippen LogP contribution in [0.5, 0.6) is 5.75 Å². The van der Waals surface area contributed by atoms with E-state index in [1.165, 1.54) is 16.4 Å². The van der Waals surface area contributed by atoms with Crippen LogP contribution >= 0.6 is 0 Å². The maximum atomic E-state index is 14.2. The predicted molar refractivity (Wildman–Crippen MR) is 179 cm³/mol. The van der Waals surface area contributed by atoms with Crippen LogP contribution in [0.15, 0.2) is 65.6 Å². The van der Waals surface area contributed by atoms with Gasteiger partial charge in [-0.3, -0.25) is 9.69 Å². The molecule has 3 aromatic carbocycles. The third kappa shape index (κ3) is 9.73. The number of likely N-dealkylation sites (tertiary alicyclic amines) is 1. The molecule has 52 heavy (non-hydrogen) atoms. The number of carboxylic acid groups (broad SMARTS) is 1. The van der Waals surface area contributed by atoms with Gasteiger partial charge in [-0.15, -0.1) is 0 Å². The number of amides is 1. The molecule has 3 aliphatic rings. The Bertz CT molecular complexity index is 1830. The van der Waals surface area contributed by atoms with E-state index in [0.717, 1.165) is 54.3 Å². The molecule has 0 spiro atoms. The molecule has 6 rings (SSSR count). The van der Waals surface area contributed by atoms with Crippen molar-refractivity contribution in [1.82, 2.24) is 14.1 Å². The molecule has 284 valence electrons. The molecule has 17 heteroatoms. The zero-order chi connectivity index (χ0) is 37.8. The van der Waals surface area contributed by atoms with Crippen LogP contribution in [-0.2, 0) is 32.3 Å². The molecule has 2 saturated heterocycles. The van der Waals surface area contributed by atoms with Gasteiger partial charge in [-0.2, -0.15) is 30.6 Å². The molecule has 0 aromatic heterocycles. The van der Waals surface area contributed by atoms with E-state index in [1.54, 1.807) is 23.1 Å². The fourth-order valence-corrected chi connectivity index (χ4v) is 8.21. The number of fused-ring (bicyclic) bond motifs is 1. The molecule has 1 atom stereocenters. The van der Waals surface area contributed by atoms with Gasteiger partial charge in [-0.1, -0.05) is 24.3 Å². The second-order valence-electron chi connectivity index (χ2n) is 13.2. The van der Waals surface area contributed by atoms with Crippen molar-refractivity contribution < 1.29 is 54.2 Å². The Kier molecular flexibility index (Phi) is 12.1. The Morgan fingerprint density at radius 3 is 2.02 bits per heavy atom. The minimum Gasteiger partial charge on any atom is -0.490 e. The van der Waals surface area contributed by atoms with E-state index in [0.29, 0.717) is 44.6 Å². The van der Waals surface area contributed by atoms with Crippen molar-refractivity contribution in [2.24, 2.45) is 5.73 Å². The summed E-state index contributed by atoms with van der Waals surface area (Å²) in [5, 5.41) is 8.74. The van der Waals surface area contributed by atoms with Gasteiger partial charge in [0.2, 0.25) is 15.9 Å². The Hall–Kier alpha value is -3.93. The van der Waals surface area contributed by atoms with Crippen molar-refractivity contribution >= 4 is 32.7 Å². The summed E-state index contributed by atoms with van der Waals surface area (Å²) in [5.41, 5.74) is 5.98. The van der Waals surface area contributed by atoms with Crippen molar-refractivity contribution in [3.63, 3.8) is 0 Å². The quantitative estimate of drug-likeness (QED) is 0.296. The lowest BCUT2D eigenvalue weighted by atomic mass is 10.0. The highest BCUT2D eigenvalue weighted by Crippen LogP contribution is 2.32. The third-order valence-electron chi connectivity index (χ3n) is 9.48. The van der Waals surface area contributed by atoms with Crippen LogP contribution in [0.2, 0.25) is 0 Å². The number of nitrogens with zero attached hydrogens (tertiary/aromatic N) is 3. The maximum absolute atomic E-state index is 14.2. The third-order valence-corrected chi connectivity index (χ3v) is 11.4. The van der Waals surface area contributed by atoms with E-state index in [-0.39, 0.29) is 36.0 Å². The average Bonchev–Trinajstić information content (AvgIpc) is 3.61. The first-order valence-electron chi connectivity index (χ1n) is 16.9. The molecule has 3 aromatic rings. The number of alkyl halides is 6. The Morgan fingerprint density at radius 1 is 0.827 bits per heavy atom. The van der Waals surface area contributed by atoms with Gasteiger partial charge in [0.15, 0.2) is 0 Å². The summed E-state index contributed by atoms with van der Waals surface area (Å²) < 4.78 is 107. The lowest BCUT2D eigenvalue weighted by molar-refractivity contribution is -0.192. The zero-order valence-electron chi connectivity index (χ0n) is 28.1. The van der Waals surface area contributed by atoms with Gasteiger partial charge in [0.05, 0.1) is 16.6 Å². The van der Waals surface area contributed by atoms with Crippen LogP contribution < -0.4 is 10.5 Å². The molecule has 2 aliphatic heterocycles. The minimum atomic E-state index is -5.08. The van der Waals surface area contributed by atoms with E-state index in [4.69, 9.17) is 20.4 Å². The largest absolute Gasteiger partial charge is 0.490 e. The fraction of sp³-hybridized carbons (Fsp3) is 0.486. The number of aliphatic carboxylic acids is 1. The van der Waals surface area contributed by atoms with Crippen molar-refractivity contribution in [1.29, 1.82) is 0 Å². The van der Waals surface area contributed by atoms with Crippen LogP contribution in [0.4, 0.5) is 26.3 Å². The van der Waals surface area contributed by atoms with Crippen LogP contribution in [-0.4, -0.2) is 96.6 Å². The first kappa shape index (κ1) is 39.3. The molecule has 2 heterocycles. The number of ether oxygens (including phenoxy) is 1. The van der Waals surface area contributed by atoms with Gasteiger partial charge >= 0.3 is 18.3 Å². The second kappa shape index (κ2) is 16.0. The van der Waals surface area contributed by atoms with Crippen molar-refractivity contribution in [3.05, 3.63) is 71.8 Å². The molecule has 1 amide bonds. The summed E-state index contributed by atoms with van der Waals surface area (Å²) in [6, 6.07) is 14.6. The smallest absolute Gasteiger partial charge is 0.490 e. The molecule has 10 nitrogen and oxygen atoms in total. The molecule has 0 bridgehead atoms. The number of carbonyl (C=O) groups is 2. The van der Waals surface area contributed by atoms with Gasteiger partial charge in [0.1, 0.15) is 11.8 Å². The van der Waals surface area contributed by atoms with Crippen molar-refractivity contribution in [3.8, 4) is 5.75 Å². The summed E-state index contributed by atoms with van der Waals surface area (Å²) >= 11 is 0. The first-order valence-corrected chi connectivity index (χ1v) is 18.3. The Morgan fingerprint density at radius 2 is 1.42 bits per heavy atom. The van der Waals surface area contributed by atoms with Crippen LogP contribution in [0.3, 0.4) is 0 Å². The van der Waals surface area contributed by atoms with Gasteiger partial charge in [0, 0.05) is 45.3 Å². The molecule has 3 N–H and O–H groups in total. The summed E-state index contributed by atoms with van der Waals surface area (Å²) in [7, 11) is -4.07. The van der Waals surface area contributed by atoms with E-state index < -0.39 is 40.0 Å². The highest BCUT2D eigenvalue weighted by molar-refractivity contribution is 7.89. The summed E-state index contributed by atoms with van der Waals surface area (Å²) in [5.74, 6) is -2.27. The molecule has 0 unspecified atom stereocenters. The number of piperidine rings is 1. The number of hydrogen-bond donors (Lipinski definition) is 2. The normalized spacial score (nSPS) is 20.1. The van der Waals surface area contributed by atoms with E-state index in [1.807, 2.05) is 23.1 Å². The van der Waals surface area contributed by atoms with Gasteiger partial charge in [0.25, 0.3) is 0 Å². The molecule has 1 saturated carbocycles. The Labute approximate surface area is 297 Å². The van der Waals surface area contributed by atoms with Gasteiger partial charge in [-0.05, 0) is 91.3 Å². The highest BCUT2D eigenvalue weighted by atomic mass is 32.2. The maximum Gasteiger partial charge on any atom is 0.490 e. The van der Waals surface area contributed by atoms with Crippen LogP contribution in [0, 0.1) is 0 Å². The monoisotopic (exact) mass is 758 g/mol. The molecule has 3 fully saturated rings. The summed E-state index contributed by atoms with van der Waals surface area (Å²) in [6.45, 7) is 1.71. The molecular weight excluding hydrogens is 718 g/mol. The molecular formula is C35H40F6N4O6S. The lowest BCUT2D eigenvalue weighted by Gasteiger charge is -2.42. The number of rotatable bonds is 7. The average molecular weight is 759 g/mol. The Balaban J connectivity index is 0.000000679. The number of carbonyl (C=O) groups excluding carboxylic acids is 1. The standard InChI is InChI=1S/C33H39F3N4O4S.C2HF3O2/c34-33(35,36)26-9-5-23(6-10-26)21-38-17-18-40(31(22-38)32(41)39-15-13-27(37)14-16-39)45(42,43)30-12-8-24-19-29(11-7-25(24)20-30)44-28-3-1-2-4-28;3-2(4,5)1(6)7/h5-12,19-20,27-28,31H,1-4,13-18,21-22,37H2;(H,6,7)/t31-;/m0./s1. The minimum absolute atomic E-state index is 0.00177. The zero-order valence-corrected chi connectivity index (χ0v) is 28.9. The number of piperazine rings is 1. The number of carboxylic acids is 1. The summed E-state index contributed by atoms with van der Waals surface area (Å²) in [4.78, 5) is 26.5. The van der Waals surface area contributed by atoms with Crippen molar-refractivity contribution in [2.45, 2.75) is 80.5 Å². The van der Waals surface area contributed by atoms with E-state index in [2.05, 4.69) is 0 Å². The number of benzene rings is 3. The van der Waals surface area contributed by atoms with Crippen molar-refractivity contribution in [2.75, 3.05) is 32.7 Å². The first-order chi connectivity index (χ1) is 24.4. The van der Waals surface area contributed by atoms with E-state index >= 15 is 0 Å². The summed E-state index contributed by atoms with van der Waals surface area (Å²) in [6.07, 6.45) is -3.62. The number of hydrogen-bond acceptors (Lipinski definition) is 7. The van der Waals surface area contributed by atoms with Crippen LogP contribution in [0.1, 0.15) is 49.7 Å². The topological polar surface area (TPSA) is 133 Å². The highest BCUT2D eigenvalue weighted by Gasteiger charge is 2.42. The second-order valence-corrected chi connectivity index (χ2v) is 15.1. The number of sulfonamides is 1. The SMILES string of the molecule is NC1CCN(C(=O)[C@@H]2CN(Cc3ccc(C(F)(F)F)cc3)CCN2S(=O)(=O)c2ccc3cc(OC4CCCC4)ccc3c2)CC1.O=C(O)C(F)(F)F. The molecule has 0 radical (unpaired) electrons. The fourth-order valence-electron chi connectivity index (χ4n) is 6.61. The number of nitrogens with two attached hydrogens (primary N) is 1. The van der Waals surface area contributed by atoms with Gasteiger partial charge < -0.3 is 20.5 Å². The predicted octanol–water partition coefficient (Wildman–Crippen LogP) is 5.64. The molecule has 1 aliphatic carbocycles. The van der Waals surface area contributed by atoms with Gasteiger partial charge in [-0.25, -0.2) is 13.2 Å². The lowest BCUT2D eigenvalue weighted by Crippen LogP contribution is -2.61. The van der Waals surface area contributed by atoms with E-state index in [9.17, 15) is 39.6 Å².